The number of hydrogen-bond donors (Lipinski definition) is 1. The van der Waals surface area contributed by atoms with Gasteiger partial charge in [-0.1, -0.05) is 17.7 Å². The molecule has 0 spiro atoms. The van der Waals surface area contributed by atoms with Gasteiger partial charge in [0.2, 0.25) is 6.79 Å². The fourth-order valence-electron chi connectivity index (χ4n) is 2.33. The fourth-order valence-corrected chi connectivity index (χ4v) is 2.94. The molecule has 2 aromatic carbocycles. The minimum atomic E-state index is 0.294. The third-order valence-corrected chi connectivity index (χ3v) is 3.94. The highest BCUT2D eigenvalue weighted by Crippen LogP contribution is 2.40. The molecule has 1 N–H and O–H groups in total. The van der Waals surface area contributed by atoms with Gasteiger partial charge in [-0.25, -0.2) is 0 Å². The average molecular weight is 334 g/mol. The number of nitrogens with one attached hydrogen (secondary N) is 1. The van der Waals surface area contributed by atoms with Gasteiger partial charge in [0, 0.05) is 12.2 Å². The minimum absolute atomic E-state index is 0.294. The van der Waals surface area contributed by atoms with Gasteiger partial charge in [0.1, 0.15) is 0 Å². The van der Waals surface area contributed by atoms with E-state index in [2.05, 4.69) is 59.4 Å². The van der Waals surface area contributed by atoms with Crippen molar-refractivity contribution in [2.45, 2.75) is 20.4 Å². The van der Waals surface area contributed by atoms with Crippen molar-refractivity contribution in [2.75, 3.05) is 12.1 Å². The summed E-state index contributed by atoms with van der Waals surface area (Å²) in [4.78, 5) is 0. The van der Waals surface area contributed by atoms with Crippen molar-refractivity contribution >= 4 is 21.6 Å². The molecule has 0 aliphatic carbocycles. The van der Waals surface area contributed by atoms with Crippen LogP contribution in [-0.2, 0) is 6.54 Å². The summed E-state index contributed by atoms with van der Waals surface area (Å²) < 4.78 is 11.8. The van der Waals surface area contributed by atoms with Crippen LogP contribution >= 0.6 is 15.9 Å². The molecule has 1 aliphatic rings. The maximum atomic E-state index is 5.43. The van der Waals surface area contributed by atoms with Gasteiger partial charge in [-0.3, -0.25) is 0 Å². The van der Waals surface area contributed by atoms with E-state index in [1.54, 1.807) is 0 Å². The lowest BCUT2D eigenvalue weighted by Crippen LogP contribution is -2.01. The second-order valence-electron chi connectivity index (χ2n) is 4.98. The van der Waals surface area contributed by atoms with Crippen LogP contribution < -0.4 is 14.8 Å². The number of benzene rings is 2. The molecule has 1 heterocycles. The summed E-state index contributed by atoms with van der Waals surface area (Å²) in [6.45, 7) is 5.26. The molecule has 0 atom stereocenters. The van der Waals surface area contributed by atoms with Crippen molar-refractivity contribution < 1.29 is 9.47 Å². The van der Waals surface area contributed by atoms with Gasteiger partial charge in [0.05, 0.1) is 4.47 Å². The summed E-state index contributed by atoms with van der Waals surface area (Å²) in [6, 6.07) is 10.5. The highest BCUT2D eigenvalue weighted by molar-refractivity contribution is 9.10. The van der Waals surface area contributed by atoms with Crippen molar-refractivity contribution in [2.24, 2.45) is 0 Å². The van der Waals surface area contributed by atoms with E-state index in [0.29, 0.717) is 6.79 Å². The van der Waals surface area contributed by atoms with Crippen LogP contribution in [0, 0.1) is 13.8 Å². The first-order valence-electron chi connectivity index (χ1n) is 6.52. The number of aryl methyl sites for hydroxylation is 2. The summed E-state index contributed by atoms with van der Waals surface area (Å²) in [6.07, 6.45) is 0. The molecule has 104 valence electrons. The molecule has 0 aromatic heterocycles. The van der Waals surface area contributed by atoms with E-state index in [1.807, 2.05) is 6.07 Å². The zero-order valence-corrected chi connectivity index (χ0v) is 13.1. The average Bonchev–Trinajstić information content (AvgIpc) is 2.86. The number of rotatable bonds is 3. The molecule has 3 nitrogen and oxygen atoms in total. The number of halogens is 1. The van der Waals surface area contributed by atoms with E-state index in [9.17, 15) is 0 Å². The van der Waals surface area contributed by atoms with Crippen molar-refractivity contribution in [3.8, 4) is 11.5 Å². The van der Waals surface area contributed by atoms with E-state index in [4.69, 9.17) is 9.47 Å². The van der Waals surface area contributed by atoms with Gasteiger partial charge in [0.15, 0.2) is 11.5 Å². The predicted octanol–water partition coefficient (Wildman–Crippen LogP) is 4.41. The predicted molar refractivity (Wildman–Crippen MR) is 83.5 cm³/mol. The SMILES string of the molecule is Cc1ccc(NCc2cc(Br)c3c(c2)OCO3)c(C)c1. The topological polar surface area (TPSA) is 30.5 Å². The Labute approximate surface area is 127 Å². The smallest absolute Gasteiger partial charge is 0.231 e. The second kappa shape index (κ2) is 5.37. The fraction of sp³-hybridized carbons (Fsp3) is 0.250. The Hall–Kier alpha value is -1.68. The summed E-state index contributed by atoms with van der Waals surface area (Å²) in [5.41, 5.74) is 4.84. The van der Waals surface area contributed by atoms with Gasteiger partial charge in [-0.15, -0.1) is 0 Å². The van der Waals surface area contributed by atoms with Gasteiger partial charge < -0.3 is 14.8 Å². The Bertz CT molecular complexity index is 655. The summed E-state index contributed by atoms with van der Waals surface area (Å²) in [5, 5.41) is 3.46. The summed E-state index contributed by atoms with van der Waals surface area (Å²) in [7, 11) is 0. The molecule has 0 radical (unpaired) electrons. The van der Waals surface area contributed by atoms with Crippen molar-refractivity contribution in [1.29, 1.82) is 0 Å². The van der Waals surface area contributed by atoms with Crippen LogP contribution in [0.1, 0.15) is 16.7 Å². The molecule has 1 aliphatic heterocycles. The maximum absolute atomic E-state index is 5.43. The minimum Gasteiger partial charge on any atom is -0.454 e. The van der Waals surface area contributed by atoms with Gasteiger partial charge >= 0.3 is 0 Å². The Morgan fingerprint density at radius 2 is 2.00 bits per heavy atom. The van der Waals surface area contributed by atoms with Crippen molar-refractivity contribution in [3.63, 3.8) is 0 Å². The zero-order chi connectivity index (χ0) is 14.1. The molecule has 20 heavy (non-hydrogen) atoms. The van der Waals surface area contributed by atoms with E-state index in [0.717, 1.165) is 33.8 Å². The summed E-state index contributed by atoms with van der Waals surface area (Å²) in [5.74, 6) is 1.59. The molecule has 0 amide bonds. The van der Waals surface area contributed by atoms with Crippen LogP contribution in [0.3, 0.4) is 0 Å². The van der Waals surface area contributed by atoms with Gasteiger partial charge in [-0.05, 0) is 59.1 Å². The first-order valence-corrected chi connectivity index (χ1v) is 7.32. The molecule has 0 saturated heterocycles. The normalized spacial score (nSPS) is 12.6. The Kier molecular flexibility index (Phi) is 3.57. The lowest BCUT2D eigenvalue weighted by Gasteiger charge is -2.11. The lowest BCUT2D eigenvalue weighted by molar-refractivity contribution is 0.173. The number of anilines is 1. The van der Waals surface area contributed by atoms with E-state index in [-0.39, 0.29) is 0 Å². The Morgan fingerprint density at radius 1 is 1.15 bits per heavy atom. The molecule has 0 unspecified atom stereocenters. The third-order valence-electron chi connectivity index (χ3n) is 3.35. The summed E-state index contributed by atoms with van der Waals surface area (Å²) >= 11 is 3.52. The van der Waals surface area contributed by atoms with E-state index < -0.39 is 0 Å². The first kappa shape index (κ1) is 13.3. The standard InChI is InChI=1S/C16H16BrNO2/c1-10-3-4-14(11(2)5-10)18-8-12-6-13(17)16-15(7-12)19-9-20-16/h3-7,18H,8-9H2,1-2H3. The quantitative estimate of drug-likeness (QED) is 0.902. The van der Waals surface area contributed by atoms with E-state index >= 15 is 0 Å². The van der Waals surface area contributed by atoms with Crippen molar-refractivity contribution in [3.05, 3.63) is 51.5 Å². The van der Waals surface area contributed by atoms with Crippen molar-refractivity contribution in [1.82, 2.24) is 0 Å². The molecule has 2 aromatic rings. The second-order valence-corrected chi connectivity index (χ2v) is 5.84. The third kappa shape index (κ3) is 2.61. The molecular formula is C16H16BrNO2. The van der Waals surface area contributed by atoms with Crippen LogP contribution in [0.4, 0.5) is 5.69 Å². The highest BCUT2D eigenvalue weighted by atomic mass is 79.9. The maximum Gasteiger partial charge on any atom is 0.231 e. The van der Waals surface area contributed by atoms with Crippen LogP contribution in [0.25, 0.3) is 0 Å². The number of ether oxygens (including phenoxy) is 2. The molecule has 0 saturated carbocycles. The van der Waals surface area contributed by atoms with Crippen LogP contribution in [0.15, 0.2) is 34.8 Å². The molecular weight excluding hydrogens is 318 g/mol. The Balaban J connectivity index is 1.77. The van der Waals surface area contributed by atoms with Gasteiger partial charge in [0.25, 0.3) is 0 Å². The molecule has 4 heteroatoms. The number of fused-ring (bicyclic) bond motifs is 1. The highest BCUT2D eigenvalue weighted by Gasteiger charge is 2.17. The molecule has 0 bridgehead atoms. The number of hydrogen-bond acceptors (Lipinski definition) is 3. The zero-order valence-electron chi connectivity index (χ0n) is 11.5. The van der Waals surface area contributed by atoms with Gasteiger partial charge in [-0.2, -0.15) is 0 Å². The van der Waals surface area contributed by atoms with E-state index in [1.165, 1.54) is 11.1 Å². The van der Waals surface area contributed by atoms with Crippen LogP contribution in [0.2, 0.25) is 0 Å². The largest absolute Gasteiger partial charge is 0.454 e. The molecule has 0 fully saturated rings. The monoisotopic (exact) mass is 333 g/mol. The van der Waals surface area contributed by atoms with Crippen LogP contribution in [-0.4, -0.2) is 6.79 Å². The first-order chi connectivity index (χ1) is 9.63. The lowest BCUT2D eigenvalue weighted by atomic mass is 10.1. The molecule has 3 rings (SSSR count). The Morgan fingerprint density at radius 3 is 2.80 bits per heavy atom. The van der Waals surface area contributed by atoms with Crippen LogP contribution in [0.5, 0.6) is 11.5 Å².